The number of hydrogen-bond acceptors (Lipinski definition) is 6. The van der Waals surface area contributed by atoms with E-state index in [0.29, 0.717) is 19.3 Å². The molecule has 0 aromatic carbocycles. The smallest absolute Gasteiger partial charge is 0.306 e. The van der Waals surface area contributed by atoms with Gasteiger partial charge in [-0.05, 0) is 83.5 Å². The summed E-state index contributed by atoms with van der Waals surface area (Å²) in [7, 11) is 0. The lowest BCUT2D eigenvalue weighted by atomic mass is 10.1. The fourth-order valence-corrected chi connectivity index (χ4v) is 7.47. The van der Waals surface area contributed by atoms with E-state index >= 15 is 0 Å². The summed E-state index contributed by atoms with van der Waals surface area (Å²) >= 11 is 0. The number of rotatable bonds is 49. The number of esters is 3. The first-order valence-electron chi connectivity index (χ1n) is 28.2. The van der Waals surface area contributed by atoms with Gasteiger partial charge in [-0.25, -0.2) is 0 Å². The zero-order chi connectivity index (χ0) is 50.0. The highest BCUT2D eigenvalue weighted by atomic mass is 16.6. The Morgan fingerprint density at radius 2 is 0.580 bits per heavy atom. The van der Waals surface area contributed by atoms with E-state index in [0.717, 1.165) is 77.0 Å². The SMILES string of the molecule is CC\C=C/C=C\C=C/C=C\C=C\C=C/CCCCCC(=O)OC(COC(=O)CCCCCCCCC\C=C/C=C\C=C/CC)COC(=O)CCCCCCCCC/C=C\CCCCCCCCCC. The van der Waals surface area contributed by atoms with Crippen molar-refractivity contribution in [3.05, 3.63) is 122 Å². The Hall–Kier alpha value is -4.19. The molecule has 390 valence electrons. The van der Waals surface area contributed by atoms with Crippen molar-refractivity contribution in [3.8, 4) is 0 Å². The van der Waals surface area contributed by atoms with Crippen molar-refractivity contribution in [3.63, 3.8) is 0 Å². The van der Waals surface area contributed by atoms with E-state index in [1.807, 2.05) is 60.8 Å². The number of unbranched alkanes of at least 4 members (excludes halogenated alkanes) is 25. The second-order valence-electron chi connectivity index (χ2n) is 18.3. The molecule has 0 aromatic rings. The summed E-state index contributed by atoms with van der Waals surface area (Å²) in [5.41, 5.74) is 0. The predicted octanol–water partition coefficient (Wildman–Crippen LogP) is 18.9. The van der Waals surface area contributed by atoms with E-state index in [1.165, 1.54) is 116 Å². The lowest BCUT2D eigenvalue weighted by molar-refractivity contribution is -0.167. The lowest BCUT2D eigenvalue weighted by Gasteiger charge is -2.18. The quantitative estimate of drug-likeness (QED) is 0.0199. The Morgan fingerprint density at radius 1 is 0.304 bits per heavy atom. The van der Waals surface area contributed by atoms with Crippen LogP contribution >= 0.6 is 0 Å². The molecular weight excluding hydrogens is 853 g/mol. The van der Waals surface area contributed by atoms with Crippen LogP contribution in [-0.4, -0.2) is 37.2 Å². The molecule has 0 spiro atoms. The zero-order valence-electron chi connectivity index (χ0n) is 44.5. The Kier molecular flexibility index (Phi) is 53.0. The lowest BCUT2D eigenvalue weighted by Crippen LogP contribution is -2.30. The minimum absolute atomic E-state index is 0.105. The fraction of sp³-hybridized carbons (Fsp3) is 0.635. The van der Waals surface area contributed by atoms with E-state index in [2.05, 4.69) is 81.5 Å². The first-order chi connectivity index (χ1) is 34.0. The van der Waals surface area contributed by atoms with Crippen molar-refractivity contribution < 1.29 is 28.6 Å². The first-order valence-corrected chi connectivity index (χ1v) is 28.2. The van der Waals surface area contributed by atoms with Crippen LogP contribution in [0.4, 0.5) is 0 Å². The molecule has 0 N–H and O–H groups in total. The molecule has 0 radical (unpaired) electrons. The predicted molar refractivity (Wildman–Crippen MR) is 297 cm³/mol. The molecule has 0 saturated heterocycles. The van der Waals surface area contributed by atoms with Gasteiger partial charge in [0.15, 0.2) is 6.10 Å². The van der Waals surface area contributed by atoms with E-state index in [1.54, 1.807) is 0 Å². The van der Waals surface area contributed by atoms with Crippen LogP contribution in [-0.2, 0) is 28.6 Å². The highest BCUT2D eigenvalue weighted by molar-refractivity contribution is 5.71. The summed E-state index contributed by atoms with van der Waals surface area (Å²) in [4.78, 5) is 38.1. The first kappa shape index (κ1) is 64.8. The second-order valence-corrected chi connectivity index (χ2v) is 18.3. The van der Waals surface area contributed by atoms with Crippen LogP contribution in [0.1, 0.15) is 239 Å². The van der Waals surface area contributed by atoms with Crippen LogP contribution in [0.3, 0.4) is 0 Å². The van der Waals surface area contributed by atoms with Crippen LogP contribution < -0.4 is 0 Å². The molecule has 0 fully saturated rings. The molecule has 0 aliphatic carbocycles. The van der Waals surface area contributed by atoms with Gasteiger partial charge in [0.2, 0.25) is 0 Å². The molecule has 0 heterocycles. The van der Waals surface area contributed by atoms with Gasteiger partial charge in [-0.3, -0.25) is 14.4 Å². The fourth-order valence-electron chi connectivity index (χ4n) is 7.47. The van der Waals surface area contributed by atoms with Crippen molar-refractivity contribution in [1.29, 1.82) is 0 Å². The van der Waals surface area contributed by atoms with Crippen LogP contribution in [0.25, 0.3) is 0 Å². The molecule has 6 heteroatoms. The minimum Gasteiger partial charge on any atom is -0.462 e. The molecule has 1 unspecified atom stereocenters. The molecule has 0 aliphatic heterocycles. The van der Waals surface area contributed by atoms with Crippen molar-refractivity contribution in [2.45, 2.75) is 245 Å². The van der Waals surface area contributed by atoms with Gasteiger partial charge >= 0.3 is 17.9 Å². The average molecular weight is 956 g/mol. The Balaban J connectivity index is 4.50. The van der Waals surface area contributed by atoms with Gasteiger partial charge < -0.3 is 14.2 Å². The van der Waals surface area contributed by atoms with Crippen LogP contribution in [0.2, 0.25) is 0 Å². The van der Waals surface area contributed by atoms with E-state index < -0.39 is 6.10 Å². The summed E-state index contributed by atoms with van der Waals surface area (Å²) in [6.07, 6.45) is 77.5. The number of allylic oxidation sites excluding steroid dienone is 20. The topological polar surface area (TPSA) is 78.9 Å². The van der Waals surface area contributed by atoms with Gasteiger partial charge in [0.1, 0.15) is 13.2 Å². The van der Waals surface area contributed by atoms with E-state index in [9.17, 15) is 14.4 Å². The minimum atomic E-state index is -0.812. The normalized spacial score (nSPS) is 13.0. The number of hydrogen-bond donors (Lipinski definition) is 0. The van der Waals surface area contributed by atoms with Crippen molar-refractivity contribution in [2.24, 2.45) is 0 Å². The molecular formula is C63H102O6. The van der Waals surface area contributed by atoms with Gasteiger partial charge in [0.25, 0.3) is 0 Å². The van der Waals surface area contributed by atoms with Crippen molar-refractivity contribution in [1.82, 2.24) is 0 Å². The van der Waals surface area contributed by atoms with Gasteiger partial charge in [-0.15, -0.1) is 0 Å². The van der Waals surface area contributed by atoms with Gasteiger partial charge in [-0.1, -0.05) is 258 Å². The summed E-state index contributed by atoms with van der Waals surface area (Å²) in [5, 5.41) is 0. The third-order valence-electron chi connectivity index (χ3n) is 11.7. The largest absolute Gasteiger partial charge is 0.462 e. The summed E-state index contributed by atoms with van der Waals surface area (Å²) in [6.45, 7) is 6.31. The number of ether oxygens (including phenoxy) is 3. The molecule has 0 rings (SSSR count). The summed E-state index contributed by atoms with van der Waals surface area (Å²) in [5.74, 6) is -0.968. The molecule has 0 bridgehead atoms. The number of carbonyl (C=O) groups is 3. The van der Waals surface area contributed by atoms with Crippen molar-refractivity contribution >= 4 is 17.9 Å². The average Bonchev–Trinajstić information content (AvgIpc) is 3.35. The van der Waals surface area contributed by atoms with Crippen LogP contribution in [0.5, 0.6) is 0 Å². The molecule has 69 heavy (non-hydrogen) atoms. The van der Waals surface area contributed by atoms with E-state index in [-0.39, 0.29) is 37.5 Å². The Morgan fingerprint density at radius 3 is 0.942 bits per heavy atom. The Bertz CT molecular complexity index is 1470. The van der Waals surface area contributed by atoms with Gasteiger partial charge in [0.05, 0.1) is 0 Å². The van der Waals surface area contributed by atoms with Crippen LogP contribution in [0, 0.1) is 0 Å². The molecule has 1 atom stereocenters. The summed E-state index contributed by atoms with van der Waals surface area (Å²) in [6, 6.07) is 0. The Labute approximate surface area is 424 Å². The third-order valence-corrected chi connectivity index (χ3v) is 11.7. The molecule has 0 aromatic heterocycles. The maximum atomic E-state index is 12.8. The number of carbonyl (C=O) groups excluding carboxylic acids is 3. The monoisotopic (exact) mass is 955 g/mol. The highest BCUT2D eigenvalue weighted by Crippen LogP contribution is 2.14. The van der Waals surface area contributed by atoms with Crippen LogP contribution in [0.15, 0.2) is 122 Å². The third kappa shape index (κ3) is 54.6. The maximum absolute atomic E-state index is 12.8. The standard InChI is InChI=1S/C63H102O6/c1-4-7-10-13-16-19-22-25-28-30-31-33-35-38-41-44-47-50-53-56-62(65)68-59-60(58-67-61(64)55-52-49-46-43-40-37-34-27-24-21-18-15-12-9-6-3)69-63(66)57-54-51-48-45-42-39-36-32-29-26-23-20-17-14-11-8-5-2/h8-9,11-12,14-15,17-18,20-21,23-24,26,29-32,36,39,42,60H,4-7,10,13,16,19,22,25,27-28,33-35,37-38,40-41,43-59H2,1-3H3/b11-8-,12-9-,17-14-,18-15-,23-20-,24-21-,29-26-,31-30-,36-32+,42-39-. The second kappa shape index (κ2) is 56.4. The molecule has 6 nitrogen and oxygen atoms in total. The highest BCUT2D eigenvalue weighted by Gasteiger charge is 2.19. The van der Waals surface area contributed by atoms with E-state index in [4.69, 9.17) is 14.2 Å². The zero-order valence-corrected chi connectivity index (χ0v) is 44.5. The molecule has 0 aliphatic rings. The van der Waals surface area contributed by atoms with Gasteiger partial charge in [-0.2, -0.15) is 0 Å². The maximum Gasteiger partial charge on any atom is 0.306 e. The molecule has 0 saturated carbocycles. The molecule has 0 amide bonds. The van der Waals surface area contributed by atoms with Crippen molar-refractivity contribution in [2.75, 3.05) is 13.2 Å². The summed E-state index contributed by atoms with van der Waals surface area (Å²) < 4.78 is 16.8. The van der Waals surface area contributed by atoms with Gasteiger partial charge in [0, 0.05) is 19.3 Å².